The average Bonchev–Trinajstić information content (AvgIpc) is 1.68. The number of aryl methyl sites for hydroxylation is 5. The minimum absolute atomic E-state index is 0.0682. The van der Waals surface area contributed by atoms with E-state index >= 15 is 0 Å². The zero-order valence-electron chi connectivity index (χ0n) is 75.2. The molecular weight excluding hydrogens is 1590 g/mol. The van der Waals surface area contributed by atoms with Gasteiger partial charge in [-0.1, -0.05) is 135 Å². The van der Waals surface area contributed by atoms with Gasteiger partial charge in [0.25, 0.3) is 0 Å². The van der Waals surface area contributed by atoms with Gasteiger partial charge in [0, 0.05) is 155 Å². The van der Waals surface area contributed by atoms with Gasteiger partial charge in [0.05, 0.1) is 94.2 Å². The van der Waals surface area contributed by atoms with Crippen LogP contribution < -0.4 is 0 Å². The number of aromatic amines is 3. The summed E-state index contributed by atoms with van der Waals surface area (Å²) in [6.45, 7) is 20.9. The van der Waals surface area contributed by atoms with Crippen molar-refractivity contribution in [2.45, 2.75) is 200 Å². The molecule has 4 aliphatic heterocycles. The van der Waals surface area contributed by atoms with Crippen molar-refractivity contribution in [1.82, 2.24) is 98.2 Å². The largest absolute Gasteiger partial charge is 0.343 e. The first-order valence-electron chi connectivity index (χ1n) is 46.3. The molecule has 5 fully saturated rings. The fourth-order valence-corrected chi connectivity index (χ4v) is 20.6. The van der Waals surface area contributed by atoms with Crippen molar-refractivity contribution in [3.8, 4) is 44.5 Å². The van der Waals surface area contributed by atoms with Crippen LogP contribution in [0.3, 0.4) is 0 Å². The van der Waals surface area contributed by atoms with Gasteiger partial charge in [0.2, 0.25) is 23.6 Å². The molecule has 0 bridgehead atoms. The van der Waals surface area contributed by atoms with Gasteiger partial charge in [-0.2, -0.15) is 20.4 Å². The standard InChI is InChI=1S/C27H31N5O.2C26H29N5O.C25H33N5O/c1-19-14-22(12-13-32(19)27(33)11-8-21-6-4-3-5-7-21)17-31-18-28-25-15-23(9-10-26(25)31)24-16-29-30-20(24)2;1-26(2)13-20(17-31(26)25(32)11-8-19-6-4-3-5-7-19)16-30-18-27-23-12-21(9-10-24(23)30)22-14-28-29-15-22;1-29-18-23(16-28-29)22-8-9-25-24(15-22)27-19-31(25)17-21-11-13-30(14-12-21)26(32)10-7-20-5-3-2-4-6-20;1-25(2)12-19(16-30(25)24(31)10-18-6-4-3-5-7-18)15-29-17-26-22-11-20(8-9-23(22)29)21-13-27-28-14-21/h3-7,9-10,15-16,18-19,22H,8,11-14,17H2,1-2H3,(H,29,30);3-7,9-10,12,14-15,18,20H,8,11,13,16-17H2,1-2H3,(H,28,29);2-6,8-9,15-16,18-19,21H,7,10-14,17H2,1H3;8-9,11,13-14,17-19H,3-7,10,12,15-16H2,1-2H3,(H,27,28). The van der Waals surface area contributed by atoms with Crippen LogP contribution in [-0.4, -0.2) is 172 Å². The van der Waals surface area contributed by atoms with E-state index < -0.39 is 0 Å². The number of imidazole rings is 4. The summed E-state index contributed by atoms with van der Waals surface area (Å²) in [5, 5.41) is 25.2. The smallest absolute Gasteiger partial charge is 0.223 e. The number of nitrogens with one attached hydrogen (secondary N) is 3. The SMILES string of the molecule is CC1(C)CC(Cn2cnc3cc(-c4cn[nH]c4)ccc32)CN1C(=O)CC1CCCCC1.CC1(C)CC(Cn2cnc3cc(-c4cn[nH]c4)ccc32)CN1C(=O)CCc1ccccc1.Cc1[nH]ncc1-c1ccc2c(c1)ncn2CC1CCN(C(=O)CCc2ccccc2)C(C)C1.Cn1cc(-c2ccc3c(c2)ncn3CC2CCN(C(=O)CCc3ccccc3)CC2)cn1. The first-order chi connectivity index (χ1) is 62.2. The van der Waals surface area contributed by atoms with Crippen LogP contribution in [0.4, 0.5) is 0 Å². The average molecular weight is 1720 g/mol. The molecule has 1 aliphatic carbocycles. The topological polar surface area (TPSA) is 256 Å². The molecule has 662 valence electrons. The van der Waals surface area contributed by atoms with E-state index in [0.29, 0.717) is 54.8 Å². The molecule has 3 N–H and O–H groups in total. The Balaban J connectivity index is 0.000000120. The molecule has 24 heteroatoms. The van der Waals surface area contributed by atoms with Crippen molar-refractivity contribution in [3.05, 3.63) is 255 Å². The third-order valence-corrected chi connectivity index (χ3v) is 27.5. The number of hydrogen-bond donors (Lipinski definition) is 3. The van der Waals surface area contributed by atoms with Crippen molar-refractivity contribution in [2.75, 3.05) is 32.7 Å². The van der Waals surface area contributed by atoms with Crippen LogP contribution in [0.25, 0.3) is 88.6 Å². The van der Waals surface area contributed by atoms with Crippen LogP contribution in [0, 0.1) is 36.5 Å². The zero-order chi connectivity index (χ0) is 88.3. The van der Waals surface area contributed by atoms with Crippen molar-refractivity contribution in [1.29, 1.82) is 0 Å². The highest BCUT2D eigenvalue weighted by Gasteiger charge is 2.43. The lowest BCUT2D eigenvalue weighted by Gasteiger charge is -2.38. The third-order valence-electron chi connectivity index (χ3n) is 27.5. The fourth-order valence-electron chi connectivity index (χ4n) is 20.6. The third kappa shape index (κ3) is 21.0. The quantitative estimate of drug-likeness (QED) is 0.0540. The second kappa shape index (κ2) is 39.6. The number of likely N-dealkylation sites (tertiary alicyclic amines) is 4. The molecule has 7 aromatic carbocycles. The predicted molar refractivity (Wildman–Crippen MR) is 505 cm³/mol. The molecule has 8 aromatic heterocycles. The summed E-state index contributed by atoms with van der Waals surface area (Å²) in [7, 11) is 1.93. The lowest BCUT2D eigenvalue weighted by Crippen LogP contribution is -2.45. The highest BCUT2D eigenvalue weighted by molar-refractivity contribution is 5.86. The second-order valence-corrected chi connectivity index (χ2v) is 37.8. The van der Waals surface area contributed by atoms with Crippen molar-refractivity contribution in [2.24, 2.45) is 36.6 Å². The molecule has 4 atom stereocenters. The Bertz CT molecular complexity index is 6200. The van der Waals surface area contributed by atoms with E-state index in [4.69, 9.17) is 0 Å². The summed E-state index contributed by atoms with van der Waals surface area (Å²) in [5.74, 6) is 3.76. The van der Waals surface area contributed by atoms with Crippen LogP contribution in [0.2, 0.25) is 0 Å². The maximum absolute atomic E-state index is 13.1. The van der Waals surface area contributed by atoms with Crippen LogP contribution >= 0.6 is 0 Å². The van der Waals surface area contributed by atoms with Gasteiger partial charge in [-0.25, -0.2) is 19.9 Å². The van der Waals surface area contributed by atoms with E-state index in [-0.39, 0.29) is 34.8 Å². The first kappa shape index (κ1) is 87.2. The summed E-state index contributed by atoms with van der Waals surface area (Å²) in [4.78, 5) is 78.6. The molecule has 24 nitrogen and oxygen atoms in total. The maximum Gasteiger partial charge on any atom is 0.223 e. The highest BCUT2D eigenvalue weighted by Crippen LogP contribution is 2.40. The number of benzene rings is 7. The molecule has 5 aliphatic rings. The summed E-state index contributed by atoms with van der Waals surface area (Å²) >= 11 is 0. The number of carbonyl (C=O) groups is 4. The highest BCUT2D eigenvalue weighted by atomic mass is 16.2. The number of fused-ring (bicyclic) bond motifs is 4. The monoisotopic (exact) mass is 1710 g/mol. The van der Waals surface area contributed by atoms with Crippen LogP contribution in [0.5, 0.6) is 0 Å². The van der Waals surface area contributed by atoms with Crippen molar-refractivity contribution >= 4 is 67.8 Å². The molecule has 4 saturated heterocycles. The van der Waals surface area contributed by atoms with Gasteiger partial charge >= 0.3 is 0 Å². The zero-order valence-corrected chi connectivity index (χ0v) is 75.2. The minimum atomic E-state index is -0.122. The van der Waals surface area contributed by atoms with Gasteiger partial charge in [0.1, 0.15) is 0 Å². The molecule has 0 radical (unpaired) electrons. The molecule has 15 aromatic rings. The van der Waals surface area contributed by atoms with E-state index in [2.05, 4.69) is 232 Å². The Morgan fingerprint density at radius 2 is 0.852 bits per heavy atom. The number of aromatic nitrogens is 16. The second-order valence-electron chi connectivity index (χ2n) is 37.8. The summed E-state index contributed by atoms with van der Waals surface area (Å²) < 4.78 is 10.8. The molecular formula is C104H122N20O4. The lowest BCUT2D eigenvalue weighted by molar-refractivity contribution is -0.136. The van der Waals surface area contributed by atoms with Crippen molar-refractivity contribution in [3.63, 3.8) is 0 Å². The predicted octanol–water partition coefficient (Wildman–Crippen LogP) is 19.0. The molecule has 20 rings (SSSR count). The Labute approximate surface area is 750 Å². The molecule has 12 heterocycles. The molecule has 4 unspecified atom stereocenters. The lowest BCUT2D eigenvalue weighted by atomic mass is 9.86. The summed E-state index contributed by atoms with van der Waals surface area (Å²) in [6, 6.07) is 56.7. The molecule has 1 saturated carbocycles. The Kier molecular flexibility index (Phi) is 27.0. The van der Waals surface area contributed by atoms with Crippen LogP contribution in [-0.2, 0) is 71.7 Å². The van der Waals surface area contributed by atoms with Gasteiger partial charge in [0.15, 0.2) is 0 Å². The normalized spacial score (nSPS) is 18.2. The summed E-state index contributed by atoms with van der Waals surface area (Å²) in [5.41, 5.74) is 22.0. The number of rotatable bonds is 23. The van der Waals surface area contributed by atoms with E-state index in [1.807, 2.05) is 147 Å². The van der Waals surface area contributed by atoms with E-state index in [1.165, 1.54) is 54.3 Å². The summed E-state index contributed by atoms with van der Waals surface area (Å²) in [6.07, 6.45) is 38.5. The number of H-pyrrole nitrogens is 3. The maximum atomic E-state index is 13.1. The van der Waals surface area contributed by atoms with E-state index in [1.54, 1.807) is 0 Å². The van der Waals surface area contributed by atoms with Crippen LogP contribution in [0.15, 0.2) is 232 Å². The van der Waals surface area contributed by atoms with Crippen molar-refractivity contribution < 1.29 is 19.2 Å². The van der Waals surface area contributed by atoms with Gasteiger partial charge in [-0.05, 0) is 229 Å². The van der Waals surface area contributed by atoms with E-state index in [9.17, 15) is 19.2 Å². The Morgan fingerprint density at radius 3 is 1.30 bits per heavy atom. The minimum Gasteiger partial charge on any atom is -0.343 e. The van der Waals surface area contributed by atoms with Gasteiger partial charge < -0.3 is 37.9 Å². The number of hydrogen-bond acceptors (Lipinski definition) is 12. The number of amides is 4. The molecule has 128 heavy (non-hydrogen) atoms. The number of nitrogens with zero attached hydrogens (tertiary/aromatic N) is 17. The number of piperidine rings is 2. The van der Waals surface area contributed by atoms with Gasteiger partial charge in [-0.3, -0.25) is 39.2 Å². The molecule has 0 spiro atoms. The fraction of sp³-hybridized carbons (Fsp3) is 0.404. The first-order valence-corrected chi connectivity index (χ1v) is 46.3. The Morgan fingerprint density at radius 1 is 0.422 bits per heavy atom. The van der Waals surface area contributed by atoms with Gasteiger partial charge in [-0.15, -0.1) is 0 Å². The Hall–Kier alpha value is -12.9. The van der Waals surface area contributed by atoms with Crippen LogP contribution in [0.1, 0.15) is 153 Å². The molecule has 4 amide bonds. The number of carbonyl (C=O) groups excluding carboxylic acids is 4. The van der Waals surface area contributed by atoms with E-state index in [0.717, 1.165) is 212 Å².